The van der Waals surface area contributed by atoms with Gasteiger partial charge in [0.25, 0.3) is 0 Å². The maximum atomic E-state index is 8.97. The molecular formula is C16H15N3. The van der Waals surface area contributed by atoms with Crippen molar-refractivity contribution in [2.75, 3.05) is 17.2 Å². The van der Waals surface area contributed by atoms with E-state index in [1.54, 1.807) is 0 Å². The highest BCUT2D eigenvalue weighted by atomic mass is 15.1. The second kappa shape index (κ2) is 4.66. The molecule has 1 aliphatic heterocycles. The van der Waals surface area contributed by atoms with Crippen LogP contribution in [0.2, 0.25) is 0 Å². The first-order chi connectivity index (χ1) is 9.26. The molecule has 2 aromatic rings. The summed E-state index contributed by atoms with van der Waals surface area (Å²) in [4.78, 5) is 2.29. The number of nitriles is 1. The van der Waals surface area contributed by atoms with Crippen LogP contribution in [0.15, 0.2) is 42.5 Å². The fraction of sp³-hybridized carbons (Fsp3) is 0.188. The van der Waals surface area contributed by atoms with Gasteiger partial charge in [-0.05, 0) is 47.9 Å². The van der Waals surface area contributed by atoms with Crippen molar-refractivity contribution in [3.8, 4) is 6.07 Å². The van der Waals surface area contributed by atoms with Crippen LogP contribution in [0.5, 0.6) is 0 Å². The van der Waals surface area contributed by atoms with Crippen LogP contribution in [-0.2, 0) is 13.0 Å². The van der Waals surface area contributed by atoms with Gasteiger partial charge in [-0.3, -0.25) is 0 Å². The van der Waals surface area contributed by atoms with Crippen molar-refractivity contribution in [3.05, 3.63) is 59.2 Å². The van der Waals surface area contributed by atoms with E-state index in [9.17, 15) is 0 Å². The molecule has 0 fully saturated rings. The molecule has 0 radical (unpaired) electrons. The summed E-state index contributed by atoms with van der Waals surface area (Å²) in [6.07, 6.45) is 1.02. The Bertz CT molecular complexity index is 655. The Morgan fingerprint density at radius 1 is 1.11 bits per heavy atom. The molecule has 3 heteroatoms. The van der Waals surface area contributed by atoms with Crippen LogP contribution < -0.4 is 10.6 Å². The molecule has 0 saturated carbocycles. The minimum atomic E-state index is 0.705. The minimum absolute atomic E-state index is 0.705. The molecule has 3 nitrogen and oxygen atoms in total. The number of nitrogens with two attached hydrogens (primary N) is 1. The zero-order valence-electron chi connectivity index (χ0n) is 10.6. The molecule has 94 valence electrons. The molecule has 2 N–H and O–H groups in total. The van der Waals surface area contributed by atoms with Crippen LogP contribution in [0.3, 0.4) is 0 Å². The molecule has 0 aromatic heterocycles. The zero-order chi connectivity index (χ0) is 13.2. The van der Waals surface area contributed by atoms with Crippen molar-refractivity contribution in [1.29, 1.82) is 5.26 Å². The van der Waals surface area contributed by atoms with Gasteiger partial charge in [0.15, 0.2) is 0 Å². The Kier molecular flexibility index (Phi) is 2.85. The Morgan fingerprint density at radius 3 is 2.84 bits per heavy atom. The lowest BCUT2D eigenvalue weighted by molar-refractivity contribution is 0.732. The highest BCUT2D eigenvalue weighted by molar-refractivity contribution is 5.55. The molecule has 1 aliphatic rings. The van der Waals surface area contributed by atoms with Gasteiger partial charge in [-0.1, -0.05) is 12.1 Å². The van der Waals surface area contributed by atoms with Gasteiger partial charge < -0.3 is 10.6 Å². The molecule has 0 atom stereocenters. The normalized spacial score (nSPS) is 13.7. The van der Waals surface area contributed by atoms with E-state index in [4.69, 9.17) is 11.0 Å². The van der Waals surface area contributed by atoms with E-state index in [0.29, 0.717) is 5.56 Å². The van der Waals surface area contributed by atoms with E-state index in [2.05, 4.69) is 29.2 Å². The Hall–Kier alpha value is -2.47. The van der Waals surface area contributed by atoms with Gasteiger partial charge in [-0.15, -0.1) is 0 Å². The highest BCUT2D eigenvalue weighted by Crippen LogP contribution is 2.26. The molecule has 0 aliphatic carbocycles. The van der Waals surface area contributed by atoms with E-state index in [1.807, 2.05) is 24.3 Å². The fourth-order valence-electron chi connectivity index (χ4n) is 2.57. The fourth-order valence-corrected chi connectivity index (χ4v) is 2.57. The Labute approximate surface area is 112 Å². The Balaban J connectivity index is 1.91. The second-order valence-corrected chi connectivity index (χ2v) is 4.86. The SMILES string of the molecule is N#Cc1cccc(N2CCc3ccc(N)cc3C2)c1. The van der Waals surface area contributed by atoms with Crippen molar-refractivity contribution in [2.24, 2.45) is 0 Å². The number of rotatable bonds is 1. The summed E-state index contributed by atoms with van der Waals surface area (Å²) in [5.74, 6) is 0. The standard InChI is InChI=1S/C16H15N3/c17-10-12-2-1-3-16(8-12)19-7-6-13-4-5-15(18)9-14(13)11-19/h1-5,8-9H,6-7,11,18H2. The van der Waals surface area contributed by atoms with Crippen molar-refractivity contribution in [3.63, 3.8) is 0 Å². The van der Waals surface area contributed by atoms with Crippen LogP contribution in [0.25, 0.3) is 0 Å². The van der Waals surface area contributed by atoms with Gasteiger partial charge in [-0.25, -0.2) is 0 Å². The van der Waals surface area contributed by atoms with Crippen LogP contribution >= 0.6 is 0 Å². The molecule has 0 unspecified atom stereocenters. The van der Waals surface area contributed by atoms with Crippen molar-refractivity contribution < 1.29 is 0 Å². The summed E-state index contributed by atoms with van der Waals surface area (Å²) in [5.41, 5.74) is 11.1. The van der Waals surface area contributed by atoms with E-state index in [1.165, 1.54) is 11.1 Å². The topological polar surface area (TPSA) is 53.0 Å². The molecule has 2 aromatic carbocycles. The average Bonchev–Trinajstić information content (AvgIpc) is 2.46. The number of hydrogen-bond donors (Lipinski definition) is 1. The lowest BCUT2D eigenvalue weighted by atomic mass is 9.98. The van der Waals surface area contributed by atoms with Crippen LogP contribution in [0.1, 0.15) is 16.7 Å². The Morgan fingerprint density at radius 2 is 2.00 bits per heavy atom. The van der Waals surface area contributed by atoms with E-state index in [0.717, 1.165) is 30.9 Å². The summed E-state index contributed by atoms with van der Waals surface area (Å²) in [7, 11) is 0. The van der Waals surface area contributed by atoms with Crippen molar-refractivity contribution >= 4 is 11.4 Å². The van der Waals surface area contributed by atoms with Crippen molar-refractivity contribution in [1.82, 2.24) is 0 Å². The summed E-state index contributed by atoms with van der Waals surface area (Å²) in [6, 6.07) is 16.1. The minimum Gasteiger partial charge on any atom is -0.399 e. The monoisotopic (exact) mass is 249 g/mol. The van der Waals surface area contributed by atoms with Gasteiger partial charge in [0.2, 0.25) is 0 Å². The van der Waals surface area contributed by atoms with E-state index >= 15 is 0 Å². The predicted octanol–water partition coefficient (Wildman–Crippen LogP) is 2.70. The third-order valence-corrected chi connectivity index (χ3v) is 3.58. The summed E-state index contributed by atoms with van der Waals surface area (Å²) in [6.45, 7) is 1.83. The highest BCUT2D eigenvalue weighted by Gasteiger charge is 2.16. The molecule has 3 rings (SSSR count). The van der Waals surface area contributed by atoms with Gasteiger partial charge in [0.05, 0.1) is 11.6 Å². The van der Waals surface area contributed by atoms with Crippen LogP contribution in [-0.4, -0.2) is 6.54 Å². The molecule has 0 amide bonds. The first-order valence-electron chi connectivity index (χ1n) is 6.38. The molecular weight excluding hydrogens is 234 g/mol. The summed E-state index contributed by atoms with van der Waals surface area (Å²) < 4.78 is 0. The first-order valence-corrected chi connectivity index (χ1v) is 6.38. The number of nitrogens with zero attached hydrogens (tertiary/aromatic N) is 2. The van der Waals surface area contributed by atoms with Crippen LogP contribution in [0, 0.1) is 11.3 Å². The van der Waals surface area contributed by atoms with Gasteiger partial charge in [0.1, 0.15) is 0 Å². The van der Waals surface area contributed by atoms with Crippen LogP contribution in [0.4, 0.5) is 11.4 Å². The molecule has 1 heterocycles. The number of anilines is 2. The lowest BCUT2D eigenvalue weighted by Crippen LogP contribution is -2.30. The molecule has 0 saturated heterocycles. The third kappa shape index (κ3) is 2.25. The number of nitrogen functional groups attached to an aromatic ring is 1. The van der Waals surface area contributed by atoms with Crippen molar-refractivity contribution in [2.45, 2.75) is 13.0 Å². The van der Waals surface area contributed by atoms with E-state index < -0.39 is 0 Å². The molecule has 19 heavy (non-hydrogen) atoms. The maximum absolute atomic E-state index is 8.97. The third-order valence-electron chi connectivity index (χ3n) is 3.58. The number of hydrogen-bond acceptors (Lipinski definition) is 3. The average molecular weight is 249 g/mol. The quantitative estimate of drug-likeness (QED) is 0.791. The summed E-state index contributed by atoms with van der Waals surface area (Å²) >= 11 is 0. The van der Waals surface area contributed by atoms with Gasteiger partial charge in [-0.2, -0.15) is 5.26 Å². The number of benzene rings is 2. The number of fused-ring (bicyclic) bond motifs is 1. The van der Waals surface area contributed by atoms with Gasteiger partial charge >= 0.3 is 0 Å². The first kappa shape index (κ1) is 11.6. The molecule has 0 spiro atoms. The zero-order valence-corrected chi connectivity index (χ0v) is 10.6. The predicted molar refractivity (Wildman–Crippen MR) is 76.8 cm³/mol. The molecule has 0 bridgehead atoms. The lowest BCUT2D eigenvalue weighted by Gasteiger charge is -2.31. The second-order valence-electron chi connectivity index (χ2n) is 4.86. The van der Waals surface area contributed by atoms with Gasteiger partial charge in [0, 0.05) is 24.5 Å². The van der Waals surface area contributed by atoms with E-state index in [-0.39, 0.29) is 0 Å². The summed E-state index contributed by atoms with van der Waals surface area (Å²) in [5, 5.41) is 8.97. The largest absolute Gasteiger partial charge is 0.399 e. The maximum Gasteiger partial charge on any atom is 0.0992 e. The smallest absolute Gasteiger partial charge is 0.0992 e.